The summed E-state index contributed by atoms with van der Waals surface area (Å²) in [6.45, 7) is 19.2. The van der Waals surface area contributed by atoms with E-state index in [2.05, 4.69) is 104 Å². The van der Waals surface area contributed by atoms with Crippen LogP contribution in [0.1, 0.15) is 62.3 Å². The molecule has 0 nitrogen and oxygen atoms in total. The first-order valence-corrected chi connectivity index (χ1v) is 9.01. The molecule has 0 saturated carbocycles. The highest BCUT2D eigenvalue weighted by molar-refractivity contribution is 7.59. The van der Waals surface area contributed by atoms with Gasteiger partial charge in [-0.1, -0.05) is 60.3 Å². The molecule has 0 aromatic carbocycles. The summed E-state index contributed by atoms with van der Waals surface area (Å²) < 4.78 is 0. The number of hydrogen-bond donors (Lipinski definition) is 0. The van der Waals surface area contributed by atoms with Gasteiger partial charge in [0.1, 0.15) is 0 Å². The summed E-state index contributed by atoms with van der Waals surface area (Å²) in [5.41, 5.74) is 9.06. The van der Waals surface area contributed by atoms with E-state index in [0.29, 0.717) is 0 Å². The molecule has 0 saturated heterocycles. The maximum Gasteiger partial charge on any atom is -0.0395 e. The van der Waals surface area contributed by atoms with E-state index >= 15 is 0 Å². The van der Waals surface area contributed by atoms with Crippen LogP contribution in [0.15, 0.2) is 93.7 Å². The van der Waals surface area contributed by atoms with Crippen LogP contribution in [0.3, 0.4) is 0 Å². The summed E-state index contributed by atoms with van der Waals surface area (Å²) in [5, 5.41) is 0. The molecule has 0 aromatic heterocycles. The van der Waals surface area contributed by atoms with Crippen molar-refractivity contribution in [3.8, 4) is 0 Å². The third-order valence-electron chi connectivity index (χ3n) is 4.24. The second kappa shape index (κ2) is 22.0. The summed E-state index contributed by atoms with van der Waals surface area (Å²) in [5.74, 6) is 0. The average molecular weight is 473 g/mol. The van der Waals surface area contributed by atoms with Crippen LogP contribution in [-0.4, -0.2) is 0 Å². The molecule has 0 N–H and O–H groups in total. The second-order valence-corrected chi connectivity index (χ2v) is 6.87. The summed E-state index contributed by atoms with van der Waals surface area (Å²) in [6, 6.07) is 0. The van der Waals surface area contributed by atoms with Gasteiger partial charge in [0.15, 0.2) is 0 Å². The highest BCUT2D eigenvalue weighted by Gasteiger charge is 1.94. The smallest absolute Gasteiger partial charge is 0.0395 e. The third kappa shape index (κ3) is 19.1. The van der Waals surface area contributed by atoms with Gasteiger partial charge in [-0.25, -0.2) is 0 Å². The lowest BCUT2D eigenvalue weighted by atomic mass is 10.0. The molecule has 0 aliphatic heterocycles. The van der Waals surface area contributed by atoms with Crippen molar-refractivity contribution < 1.29 is 0 Å². The van der Waals surface area contributed by atoms with Crippen molar-refractivity contribution in [2.45, 2.75) is 62.3 Å². The normalized spacial score (nSPS) is 13.7. The van der Waals surface area contributed by atoms with Gasteiger partial charge in [-0.3, -0.25) is 0 Å². The molecule has 168 valence electrons. The second-order valence-electron chi connectivity index (χ2n) is 6.87. The Hall–Kier alpha value is -0.680. The Morgan fingerprint density at radius 3 is 0.862 bits per heavy atom. The highest BCUT2D eigenvalue weighted by Crippen LogP contribution is 2.15. The molecule has 0 fully saturated rings. The monoisotopic (exact) mass is 472 g/mol. The SMILES string of the molecule is C\C=C/C=C(C)/C(C)=C/C=C(C)/C(C)=C/C=C(C)/C(C)=C/C=C(C)C.S.S.S.S. The standard InChI is InChI=1S/C25H36.4H2S/c1-10-11-12-20(4)22(6)15-16-24(8)25(9)18-17-23(7)21(5)14-13-19(2)3;;;;/h10-18H,1-9H3;4*1H2/b11-10-,20-12+,21-14+,22-15+,23-17+,24-16+,25-18+;;;;. The van der Waals surface area contributed by atoms with Crippen molar-refractivity contribution in [2.24, 2.45) is 0 Å². The van der Waals surface area contributed by atoms with Gasteiger partial charge >= 0.3 is 0 Å². The van der Waals surface area contributed by atoms with Crippen molar-refractivity contribution >= 4 is 54.0 Å². The lowest BCUT2D eigenvalue weighted by molar-refractivity contribution is 1.30. The van der Waals surface area contributed by atoms with Crippen LogP contribution < -0.4 is 0 Å². The molecule has 0 radical (unpaired) electrons. The van der Waals surface area contributed by atoms with Crippen molar-refractivity contribution in [1.29, 1.82) is 0 Å². The largest absolute Gasteiger partial charge is 0.197 e. The van der Waals surface area contributed by atoms with E-state index < -0.39 is 0 Å². The van der Waals surface area contributed by atoms with Crippen LogP contribution in [-0.2, 0) is 0 Å². The highest BCUT2D eigenvalue weighted by atomic mass is 32.1. The lowest BCUT2D eigenvalue weighted by Gasteiger charge is -2.03. The molecular formula is C25H44S4. The van der Waals surface area contributed by atoms with Crippen LogP contribution in [0.4, 0.5) is 0 Å². The Balaban J connectivity index is -0.000000480. The molecule has 29 heavy (non-hydrogen) atoms. The van der Waals surface area contributed by atoms with E-state index in [-0.39, 0.29) is 54.0 Å². The first-order valence-electron chi connectivity index (χ1n) is 9.01. The summed E-state index contributed by atoms with van der Waals surface area (Å²) in [6.07, 6.45) is 19.4. The van der Waals surface area contributed by atoms with E-state index in [9.17, 15) is 0 Å². The van der Waals surface area contributed by atoms with Gasteiger partial charge in [0, 0.05) is 0 Å². The minimum atomic E-state index is 0. The van der Waals surface area contributed by atoms with Gasteiger partial charge in [-0.2, -0.15) is 54.0 Å². The van der Waals surface area contributed by atoms with E-state index in [1.807, 2.05) is 13.0 Å². The Morgan fingerprint density at radius 1 is 0.379 bits per heavy atom. The quantitative estimate of drug-likeness (QED) is 0.325. The van der Waals surface area contributed by atoms with Crippen molar-refractivity contribution in [3.05, 3.63) is 93.7 Å². The van der Waals surface area contributed by atoms with Gasteiger partial charge in [-0.15, -0.1) is 0 Å². The fourth-order valence-corrected chi connectivity index (χ4v) is 1.82. The molecule has 0 aromatic rings. The van der Waals surface area contributed by atoms with E-state index in [4.69, 9.17) is 0 Å². The maximum atomic E-state index is 2.20. The van der Waals surface area contributed by atoms with Crippen LogP contribution in [0, 0.1) is 0 Å². The van der Waals surface area contributed by atoms with Crippen molar-refractivity contribution in [1.82, 2.24) is 0 Å². The molecular weight excluding hydrogens is 429 g/mol. The minimum absolute atomic E-state index is 0. The summed E-state index contributed by atoms with van der Waals surface area (Å²) >= 11 is 0. The molecule has 0 rings (SSSR count). The molecule has 0 bridgehead atoms. The van der Waals surface area contributed by atoms with Crippen molar-refractivity contribution in [3.63, 3.8) is 0 Å². The summed E-state index contributed by atoms with van der Waals surface area (Å²) in [4.78, 5) is 0. The molecule has 0 heterocycles. The molecule has 4 heteroatoms. The maximum absolute atomic E-state index is 2.20. The predicted octanol–water partition coefficient (Wildman–Crippen LogP) is 8.66. The van der Waals surface area contributed by atoms with Gasteiger partial charge in [0.05, 0.1) is 0 Å². The van der Waals surface area contributed by atoms with E-state index in [1.165, 1.54) is 39.0 Å². The van der Waals surface area contributed by atoms with Crippen LogP contribution in [0.25, 0.3) is 0 Å². The minimum Gasteiger partial charge on any atom is -0.197 e. The molecule has 0 unspecified atom stereocenters. The van der Waals surface area contributed by atoms with Crippen LogP contribution in [0.5, 0.6) is 0 Å². The Morgan fingerprint density at radius 2 is 0.621 bits per heavy atom. The number of hydrogen-bond acceptors (Lipinski definition) is 0. The number of allylic oxidation sites excluding steroid dienone is 16. The fraction of sp³-hybridized carbons (Fsp3) is 0.360. The molecule has 0 amide bonds. The first-order chi connectivity index (χ1) is 11.7. The Labute approximate surface area is 209 Å². The molecule has 0 aliphatic carbocycles. The number of rotatable bonds is 7. The Bertz CT molecular complexity index is 690. The molecule has 0 atom stereocenters. The van der Waals surface area contributed by atoms with Crippen molar-refractivity contribution in [2.75, 3.05) is 0 Å². The molecule has 0 spiro atoms. The zero-order chi connectivity index (χ0) is 19.4. The fourth-order valence-electron chi connectivity index (χ4n) is 1.82. The molecule has 0 aliphatic rings. The van der Waals surface area contributed by atoms with Gasteiger partial charge < -0.3 is 0 Å². The lowest BCUT2D eigenvalue weighted by Crippen LogP contribution is -1.82. The third-order valence-corrected chi connectivity index (χ3v) is 4.24. The average Bonchev–Trinajstić information content (AvgIpc) is 2.58. The summed E-state index contributed by atoms with van der Waals surface area (Å²) in [7, 11) is 0. The van der Waals surface area contributed by atoms with Gasteiger partial charge in [0.2, 0.25) is 0 Å². The predicted molar refractivity (Wildman–Crippen MR) is 158 cm³/mol. The Kier molecular flexibility index (Phi) is 29.5. The van der Waals surface area contributed by atoms with Crippen LogP contribution >= 0.6 is 54.0 Å². The van der Waals surface area contributed by atoms with Crippen LogP contribution in [0.2, 0.25) is 0 Å². The van der Waals surface area contributed by atoms with E-state index in [0.717, 1.165) is 0 Å². The van der Waals surface area contributed by atoms with Gasteiger partial charge in [0.25, 0.3) is 0 Å². The first kappa shape index (κ1) is 38.9. The van der Waals surface area contributed by atoms with Gasteiger partial charge in [-0.05, 0) is 95.8 Å². The van der Waals surface area contributed by atoms with E-state index in [1.54, 1.807) is 0 Å². The topological polar surface area (TPSA) is 0 Å². The zero-order valence-electron chi connectivity index (χ0n) is 19.7. The zero-order valence-corrected chi connectivity index (χ0v) is 23.7.